The van der Waals surface area contributed by atoms with Crippen LogP contribution in [0.25, 0.3) is 0 Å². The summed E-state index contributed by atoms with van der Waals surface area (Å²) >= 11 is 0. The number of nitrogens with two attached hydrogens (primary N) is 1. The Bertz CT molecular complexity index is 406. The molecule has 0 saturated heterocycles. The highest BCUT2D eigenvalue weighted by molar-refractivity contribution is 6.23. The van der Waals surface area contributed by atoms with Crippen molar-refractivity contribution in [2.45, 2.75) is 26.4 Å². The second-order valence-corrected chi connectivity index (χ2v) is 4.39. The second kappa shape index (κ2) is 4.79. The molecular formula is C12H16N2O2. The lowest BCUT2D eigenvalue weighted by atomic mass is 10.2. The summed E-state index contributed by atoms with van der Waals surface area (Å²) in [5, 5.41) is 0. The number of benzene rings is 1. The topological polar surface area (TPSA) is 64.7 Å². The third-order valence-electron chi connectivity index (χ3n) is 1.60. The van der Waals surface area contributed by atoms with Crippen molar-refractivity contribution in [3.05, 3.63) is 24.3 Å². The summed E-state index contributed by atoms with van der Waals surface area (Å²) in [6.45, 7) is 5.41. The maximum absolute atomic E-state index is 11.3. The van der Waals surface area contributed by atoms with Crippen molar-refractivity contribution >= 4 is 23.6 Å². The number of ether oxygens (including phenoxy) is 1. The van der Waals surface area contributed by atoms with Crippen LogP contribution < -0.4 is 5.73 Å². The summed E-state index contributed by atoms with van der Waals surface area (Å²) in [5.74, 6) is -0.463. The van der Waals surface area contributed by atoms with Gasteiger partial charge in [0.15, 0.2) is 0 Å². The summed E-state index contributed by atoms with van der Waals surface area (Å²) in [4.78, 5) is 15.3. The van der Waals surface area contributed by atoms with Gasteiger partial charge >= 0.3 is 5.97 Å². The molecule has 0 spiro atoms. The number of rotatable bonds is 2. The molecule has 0 aliphatic rings. The lowest BCUT2D eigenvalue weighted by molar-refractivity contribution is -0.145. The predicted molar refractivity (Wildman–Crippen MR) is 64.9 cm³/mol. The van der Waals surface area contributed by atoms with Crippen LogP contribution in [0.3, 0.4) is 0 Å². The molecule has 0 amide bonds. The Kier molecular flexibility index (Phi) is 3.66. The highest BCUT2D eigenvalue weighted by atomic mass is 16.6. The van der Waals surface area contributed by atoms with Gasteiger partial charge < -0.3 is 10.5 Å². The van der Waals surface area contributed by atoms with Crippen LogP contribution in [0.1, 0.15) is 20.8 Å². The molecule has 4 nitrogen and oxygen atoms in total. The maximum atomic E-state index is 11.3. The van der Waals surface area contributed by atoms with Gasteiger partial charge in [-0.2, -0.15) is 0 Å². The van der Waals surface area contributed by atoms with E-state index in [9.17, 15) is 4.79 Å². The molecule has 0 aliphatic heterocycles. The predicted octanol–water partition coefficient (Wildman–Crippen LogP) is 2.31. The molecule has 4 heteroatoms. The van der Waals surface area contributed by atoms with E-state index < -0.39 is 11.6 Å². The number of nitrogens with zero attached hydrogens (tertiary/aromatic N) is 1. The first-order chi connectivity index (χ1) is 7.37. The Morgan fingerprint density at radius 3 is 2.69 bits per heavy atom. The number of hydrogen-bond acceptors (Lipinski definition) is 4. The molecule has 0 saturated carbocycles. The van der Waals surface area contributed by atoms with Gasteiger partial charge in [-0.05, 0) is 39.0 Å². The van der Waals surface area contributed by atoms with Crippen LogP contribution >= 0.6 is 0 Å². The molecule has 0 unspecified atom stereocenters. The molecule has 0 bridgehead atoms. The third-order valence-corrected chi connectivity index (χ3v) is 1.60. The number of hydrogen-bond donors (Lipinski definition) is 1. The lowest BCUT2D eigenvalue weighted by Gasteiger charge is -2.17. The molecule has 1 aromatic rings. The number of aliphatic imine (C=N–C) groups is 1. The van der Waals surface area contributed by atoms with Crippen LogP contribution in [0.5, 0.6) is 0 Å². The van der Waals surface area contributed by atoms with Crippen molar-refractivity contribution < 1.29 is 9.53 Å². The van der Waals surface area contributed by atoms with Gasteiger partial charge in [-0.1, -0.05) is 6.07 Å². The van der Waals surface area contributed by atoms with Crippen molar-refractivity contribution in [2.75, 3.05) is 5.73 Å². The first-order valence-electron chi connectivity index (χ1n) is 4.99. The quantitative estimate of drug-likeness (QED) is 0.472. The van der Waals surface area contributed by atoms with Gasteiger partial charge in [-0.3, -0.25) is 0 Å². The van der Waals surface area contributed by atoms with E-state index >= 15 is 0 Å². The highest BCUT2D eigenvalue weighted by Crippen LogP contribution is 2.14. The smallest absolute Gasteiger partial charge is 0.349 e. The summed E-state index contributed by atoms with van der Waals surface area (Å²) in [6, 6.07) is 6.97. The minimum atomic E-state index is -0.501. The molecule has 16 heavy (non-hydrogen) atoms. The number of carbonyl (C=O) groups excluding carboxylic acids is 1. The van der Waals surface area contributed by atoms with E-state index in [4.69, 9.17) is 10.5 Å². The zero-order valence-corrected chi connectivity index (χ0v) is 9.73. The van der Waals surface area contributed by atoms with E-state index in [1.54, 1.807) is 45.0 Å². The summed E-state index contributed by atoms with van der Waals surface area (Å²) < 4.78 is 5.07. The summed E-state index contributed by atoms with van der Waals surface area (Å²) in [5.41, 5.74) is 6.32. The standard InChI is InChI=1S/C12H16N2O2/c1-12(2,3)16-11(15)8-14-10-6-4-5-9(13)7-10/h4-8H,13H2,1-3H3. The van der Waals surface area contributed by atoms with Crippen molar-refractivity contribution in [2.24, 2.45) is 4.99 Å². The molecule has 0 radical (unpaired) electrons. The molecule has 0 atom stereocenters. The second-order valence-electron chi connectivity index (χ2n) is 4.39. The van der Waals surface area contributed by atoms with Crippen LogP contribution in [0.2, 0.25) is 0 Å². The normalized spacial score (nSPS) is 11.7. The van der Waals surface area contributed by atoms with Gasteiger partial charge in [0, 0.05) is 5.69 Å². The van der Waals surface area contributed by atoms with Gasteiger partial charge in [0.25, 0.3) is 0 Å². The van der Waals surface area contributed by atoms with Gasteiger partial charge in [0.05, 0.1) is 5.69 Å². The molecule has 0 heterocycles. The zero-order valence-electron chi connectivity index (χ0n) is 9.73. The molecule has 1 aromatic carbocycles. The number of anilines is 1. The highest BCUT2D eigenvalue weighted by Gasteiger charge is 2.14. The number of nitrogen functional groups attached to an aromatic ring is 1. The number of esters is 1. The Hall–Kier alpha value is -1.84. The van der Waals surface area contributed by atoms with Crippen LogP contribution in [-0.4, -0.2) is 17.8 Å². The minimum Gasteiger partial charge on any atom is -0.456 e. The van der Waals surface area contributed by atoms with Crippen molar-refractivity contribution in [1.82, 2.24) is 0 Å². The zero-order chi connectivity index (χ0) is 12.2. The minimum absolute atomic E-state index is 0.463. The van der Waals surface area contributed by atoms with Gasteiger partial charge in [-0.25, -0.2) is 9.79 Å². The monoisotopic (exact) mass is 220 g/mol. The van der Waals surface area contributed by atoms with E-state index in [2.05, 4.69) is 4.99 Å². The van der Waals surface area contributed by atoms with E-state index in [1.807, 2.05) is 0 Å². The molecule has 0 fully saturated rings. The summed E-state index contributed by atoms with van der Waals surface area (Å²) in [7, 11) is 0. The van der Waals surface area contributed by atoms with Crippen LogP contribution in [0.15, 0.2) is 29.3 Å². The van der Waals surface area contributed by atoms with E-state index in [1.165, 1.54) is 0 Å². The molecule has 0 aliphatic carbocycles. The Morgan fingerprint density at radius 1 is 1.44 bits per heavy atom. The van der Waals surface area contributed by atoms with Crippen LogP contribution in [0, 0.1) is 0 Å². The fourth-order valence-electron chi connectivity index (χ4n) is 1.06. The Labute approximate surface area is 95.1 Å². The van der Waals surface area contributed by atoms with Gasteiger partial charge in [-0.15, -0.1) is 0 Å². The molecule has 0 aromatic heterocycles. The van der Waals surface area contributed by atoms with Crippen molar-refractivity contribution in [3.8, 4) is 0 Å². The number of carbonyl (C=O) groups is 1. The van der Waals surface area contributed by atoms with Crippen LogP contribution in [0.4, 0.5) is 11.4 Å². The van der Waals surface area contributed by atoms with E-state index in [-0.39, 0.29) is 0 Å². The molecule has 2 N–H and O–H groups in total. The first-order valence-corrected chi connectivity index (χ1v) is 4.99. The Morgan fingerprint density at radius 2 is 2.12 bits per heavy atom. The van der Waals surface area contributed by atoms with Crippen molar-refractivity contribution in [1.29, 1.82) is 0 Å². The van der Waals surface area contributed by atoms with Crippen LogP contribution in [-0.2, 0) is 9.53 Å². The largest absolute Gasteiger partial charge is 0.456 e. The SMILES string of the molecule is CC(C)(C)OC(=O)C=Nc1cccc(N)c1. The van der Waals surface area contributed by atoms with E-state index in [0.29, 0.717) is 11.4 Å². The third kappa shape index (κ3) is 4.59. The fraction of sp³-hybridized carbons (Fsp3) is 0.333. The maximum Gasteiger partial charge on any atom is 0.349 e. The van der Waals surface area contributed by atoms with Crippen molar-refractivity contribution in [3.63, 3.8) is 0 Å². The Balaban J connectivity index is 2.64. The average molecular weight is 220 g/mol. The van der Waals surface area contributed by atoms with Gasteiger partial charge in [0.1, 0.15) is 11.8 Å². The fourth-order valence-corrected chi connectivity index (χ4v) is 1.06. The van der Waals surface area contributed by atoms with Gasteiger partial charge in [0.2, 0.25) is 0 Å². The molecular weight excluding hydrogens is 204 g/mol. The average Bonchev–Trinajstić information content (AvgIpc) is 2.12. The first kappa shape index (κ1) is 12.2. The molecule has 86 valence electrons. The van der Waals surface area contributed by atoms with E-state index in [0.717, 1.165) is 6.21 Å². The molecule has 1 rings (SSSR count). The lowest BCUT2D eigenvalue weighted by Crippen LogP contribution is -2.24. The summed E-state index contributed by atoms with van der Waals surface area (Å²) in [6.07, 6.45) is 1.15.